The molecular weight excluding hydrogens is 263 g/mol. The monoisotopic (exact) mass is 288 g/mol. The van der Waals surface area contributed by atoms with Crippen molar-refractivity contribution in [2.45, 2.75) is 53.2 Å². The maximum absolute atomic E-state index is 12.9. The van der Waals surface area contributed by atoms with E-state index in [0.29, 0.717) is 6.04 Å². The molecule has 0 aliphatic carbocycles. The van der Waals surface area contributed by atoms with Gasteiger partial charge in [-0.15, -0.1) is 0 Å². The zero-order valence-electron chi connectivity index (χ0n) is 13.4. The van der Waals surface area contributed by atoms with Gasteiger partial charge in [0.2, 0.25) is 0 Å². The highest BCUT2D eigenvalue weighted by atomic mass is 19.1. The minimum Gasteiger partial charge on any atom is -0.349 e. The van der Waals surface area contributed by atoms with E-state index in [0.717, 1.165) is 25.1 Å². The van der Waals surface area contributed by atoms with Crippen LogP contribution in [0.5, 0.6) is 0 Å². The van der Waals surface area contributed by atoms with Crippen LogP contribution in [0.3, 0.4) is 0 Å². The summed E-state index contributed by atoms with van der Waals surface area (Å²) >= 11 is 0. The van der Waals surface area contributed by atoms with Gasteiger partial charge in [0.15, 0.2) is 0 Å². The molecule has 0 radical (unpaired) electrons. The third-order valence-electron chi connectivity index (χ3n) is 4.09. The highest BCUT2D eigenvalue weighted by Gasteiger charge is 2.09. The molecule has 0 bridgehead atoms. The molecule has 0 spiro atoms. The fourth-order valence-electron chi connectivity index (χ4n) is 2.87. The molecule has 114 valence electrons. The number of halogens is 1. The molecule has 21 heavy (non-hydrogen) atoms. The molecule has 1 aromatic heterocycles. The molecule has 0 aliphatic rings. The first kappa shape index (κ1) is 15.8. The zero-order chi connectivity index (χ0) is 15.4. The van der Waals surface area contributed by atoms with Gasteiger partial charge in [0.05, 0.1) is 0 Å². The summed E-state index contributed by atoms with van der Waals surface area (Å²) in [6, 6.07) is 9.39. The molecule has 0 fully saturated rings. The van der Waals surface area contributed by atoms with E-state index in [1.807, 2.05) is 12.1 Å². The Morgan fingerprint density at radius 3 is 2.43 bits per heavy atom. The van der Waals surface area contributed by atoms with Gasteiger partial charge in [0.25, 0.3) is 0 Å². The lowest BCUT2D eigenvalue weighted by Crippen LogP contribution is -2.27. The fraction of sp³-hybridized carbons (Fsp3) is 0.444. The van der Waals surface area contributed by atoms with E-state index in [1.54, 1.807) is 0 Å². The molecule has 1 N–H and O–H groups in total. The largest absolute Gasteiger partial charge is 0.349 e. The van der Waals surface area contributed by atoms with Gasteiger partial charge in [-0.25, -0.2) is 4.39 Å². The van der Waals surface area contributed by atoms with Crippen LogP contribution < -0.4 is 5.32 Å². The molecule has 1 atom stereocenters. The fourth-order valence-corrected chi connectivity index (χ4v) is 2.87. The van der Waals surface area contributed by atoms with Crippen molar-refractivity contribution in [1.29, 1.82) is 0 Å². The quantitative estimate of drug-likeness (QED) is 0.850. The molecule has 1 heterocycles. The Morgan fingerprint density at radius 2 is 1.86 bits per heavy atom. The van der Waals surface area contributed by atoms with Crippen molar-refractivity contribution in [3.8, 4) is 0 Å². The van der Waals surface area contributed by atoms with E-state index < -0.39 is 0 Å². The highest BCUT2D eigenvalue weighted by molar-refractivity contribution is 5.26. The summed E-state index contributed by atoms with van der Waals surface area (Å²) in [7, 11) is 0. The van der Waals surface area contributed by atoms with Crippen LogP contribution in [0, 0.1) is 19.7 Å². The van der Waals surface area contributed by atoms with Gasteiger partial charge in [-0.2, -0.15) is 0 Å². The Labute approximate surface area is 127 Å². The molecule has 2 aromatic rings. The standard InChI is InChI=1S/C18H25FN2/c1-5-21-14(3)11-17(15(21)4)12-20-13(2)10-16-6-8-18(19)9-7-16/h6-9,11,13,20H,5,10,12H2,1-4H3. The number of rotatable bonds is 6. The molecule has 0 saturated heterocycles. The zero-order valence-corrected chi connectivity index (χ0v) is 13.4. The SMILES string of the molecule is CCn1c(C)cc(CNC(C)Cc2ccc(F)cc2)c1C. The summed E-state index contributed by atoms with van der Waals surface area (Å²) in [5, 5.41) is 3.56. The van der Waals surface area contributed by atoms with E-state index in [4.69, 9.17) is 0 Å². The minimum atomic E-state index is -0.175. The lowest BCUT2D eigenvalue weighted by molar-refractivity contribution is 0.542. The van der Waals surface area contributed by atoms with Crippen LogP contribution in [0.4, 0.5) is 4.39 Å². The number of aryl methyl sites for hydroxylation is 1. The van der Waals surface area contributed by atoms with E-state index in [9.17, 15) is 4.39 Å². The Kier molecular flexibility index (Phi) is 5.18. The van der Waals surface area contributed by atoms with Crippen molar-refractivity contribution in [3.63, 3.8) is 0 Å². The van der Waals surface area contributed by atoms with Gasteiger partial charge >= 0.3 is 0 Å². The normalized spacial score (nSPS) is 12.6. The molecule has 0 amide bonds. The number of aromatic nitrogens is 1. The first-order valence-corrected chi connectivity index (χ1v) is 7.64. The number of benzene rings is 1. The van der Waals surface area contributed by atoms with Crippen molar-refractivity contribution >= 4 is 0 Å². The summed E-state index contributed by atoms with van der Waals surface area (Å²) in [4.78, 5) is 0. The van der Waals surface area contributed by atoms with Crippen LogP contribution in [0.15, 0.2) is 30.3 Å². The lowest BCUT2D eigenvalue weighted by atomic mass is 10.1. The molecule has 1 unspecified atom stereocenters. The first-order chi connectivity index (χ1) is 10.0. The summed E-state index contributed by atoms with van der Waals surface area (Å²) in [6.07, 6.45) is 0.910. The Bertz CT molecular complexity index is 584. The summed E-state index contributed by atoms with van der Waals surface area (Å²) < 4.78 is 15.2. The average Bonchev–Trinajstić information content (AvgIpc) is 2.73. The molecular formula is C18H25FN2. The van der Waals surface area contributed by atoms with E-state index in [1.165, 1.54) is 29.1 Å². The van der Waals surface area contributed by atoms with Crippen LogP contribution in [0.25, 0.3) is 0 Å². The van der Waals surface area contributed by atoms with Gasteiger partial charge in [-0.05, 0) is 63.4 Å². The van der Waals surface area contributed by atoms with Crippen LogP contribution in [-0.4, -0.2) is 10.6 Å². The van der Waals surface area contributed by atoms with Crippen LogP contribution in [-0.2, 0) is 19.5 Å². The smallest absolute Gasteiger partial charge is 0.123 e. The van der Waals surface area contributed by atoms with Crippen LogP contribution >= 0.6 is 0 Å². The summed E-state index contributed by atoms with van der Waals surface area (Å²) in [5.41, 5.74) is 5.19. The maximum atomic E-state index is 12.9. The van der Waals surface area contributed by atoms with Crippen LogP contribution in [0.1, 0.15) is 36.4 Å². The Balaban J connectivity index is 1.92. The molecule has 0 aliphatic heterocycles. The second-order valence-electron chi connectivity index (χ2n) is 5.75. The van der Waals surface area contributed by atoms with Gasteiger partial charge < -0.3 is 9.88 Å². The maximum Gasteiger partial charge on any atom is 0.123 e. The summed E-state index contributed by atoms with van der Waals surface area (Å²) in [5.74, 6) is -0.175. The third kappa shape index (κ3) is 3.94. The van der Waals surface area contributed by atoms with Crippen molar-refractivity contribution in [2.24, 2.45) is 0 Å². The van der Waals surface area contributed by atoms with E-state index in [-0.39, 0.29) is 5.82 Å². The van der Waals surface area contributed by atoms with Crippen molar-refractivity contribution in [1.82, 2.24) is 9.88 Å². The second-order valence-corrected chi connectivity index (χ2v) is 5.75. The topological polar surface area (TPSA) is 17.0 Å². The van der Waals surface area contributed by atoms with E-state index in [2.05, 4.69) is 43.6 Å². The first-order valence-electron chi connectivity index (χ1n) is 7.64. The van der Waals surface area contributed by atoms with Crippen molar-refractivity contribution < 1.29 is 4.39 Å². The molecule has 2 nitrogen and oxygen atoms in total. The predicted molar refractivity (Wildman–Crippen MR) is 86.0 cm³/mol. The van der Waals surface area contributed by atoms with Crippen LogP contribution in [0.2, 0.25) is 0 Å². The molecule has 3 heteroatoms. The average molecular weight is 288 g/mol. The number of nitrogens with zero attached hydrogens (tertiary/aromatic N) is 1. The Morgan fingerprint density at radius 1 is 1.19 bits per heavy atom. The Hall–Kier alpha value is -1.61. The summed E-state index contributed by atoms with van der Waals surface area (Å²) in [6.45, 7) is 10.6. The minimum absolute atomic E-state index is 0.175. The second kappa shape index (κ2) is 6.90. The molecule has 0 saturated carbocycles. The van der Waals surface area contributed by atoms with Gasteiger partial charge in [-0.1, -0.05) is 12.1 Å². The highest BCUT2D eigenvalue weighted by Crippen LogP contribution is 2.15. The third-order valence-corrected chi connectivity index (χ3v) is 4.09. The number of hydrogen-bond acceptors (Lipinski definition) is 1. The predicted octanol–water partition coefficient (Wildman–Crippen LogP) is 3.98. The van der Waals surface area contributed by atoms with Gasteiger partial charge in [0, 0.05) is 30.5 Å². The molecule has 1 aromatic carbocycles. The van der Waals surface area contributed by atoms with Crippen molar-refractivity contribution in [3.05, 3.63) is 58.7 Å². The van der Waals surface area contributed by atoms with Gasteiger partial charge in [0.1, 0.15) is 5.82 Å². The molecule has 2 rings (SSSR count). The van der Waals surface area contributed by atoms with Crippen molar-refractivity contribution in [2.75, 3.05) is 0 Å². The number of hydrogen-bond donors (Lipinski definition) is 1. The number of nitrogens with one attached hydrogen (secondary N) is 1. The lowest BCUT2D eigenvalue weighted by Gasteiger charge is -2.14. The van der Waals surface area contributed by atoms with E-state index >= 15 is 0 Å². The van der Waals surface area contributed by atoms with Gasteiger partial charge in [-0.3, -0.25) is 0 Å².